The summed E-state index contributed by atoms with van der Waals surface area (Å²) in [5.74, 6) is -1.14. The minimum atomic E-state index is -3.90. The van der Waals surface area contributed by atoms with E-state index in [9.17, 15) is 18.0 Å². The SMILES string of the molecule is CC(=O)NS(=O)(=O)c1ccc(NC(=S)NC(=O)c2ccc(Br)o2)cc1. The Hall–Kier alpha value is -2.24. The lowest BCUT2D eigenvalue weighted by Gasteiger charge is -2.09. The number of halogens is 1. The molecule has 0 aliphatic rings. The van der Waals surface area contributed by atoms with E-state index in [2.05, 4.69) is 26.6 Å². The van der Waals surface area contributed by atoms with E-state index in [0.29, 0.717) is 10.4 Å². The number of thiocarbonyl (C=S) groups is 1. The Kier molecular flexibility index (Phi) is 5.93. The van der Waals surface area contributed by atoms with Crippen LogP contribution in [0.25, 0.3) is 0 Å². The van der Waals surface area contributed by atoms with E-state index >= 15 is 0 Å². The van der Waals surface area contributed by atoms with Crippen LogP contribution in [-0.2, 0) is 14.8 Å². The molecule has 0 unspecified atom stereocenters. The van der Waals surface area contributed by atoms with Gasteiger partial charge in [0, 0.05) is 12.6 Å². The summed E-state index contributed by atoms with van der Waals surface area (Å²) < 4.78 is 31.0. The Labute approximate surface area is 157 Å². The summed E-state index contributed by atoms with van der Waals surface area (Å²) >= 11 is 8.10. The van der Waals surface area contributed by atoms with Crippen molar-refractivity contribution in [2.45, 2.75) is 11.8 Å². The number of amides is 2. The van der Waals surface area contributed by atoms with Crippen LogP contribution in [0.15, 0.2) is 50.4 Å². The van der Waals surface area contributed by atoms with Gasteiger partial charge in [-0.1, -0.05) is 0 Å². The second-order valence-corrected chi connectivity index (χ2v) is 7.57. The van der Waals surface area contributed by atoms with Crippen LogP contribution in [0, 0.1) is 0 Å². The predicted molar refractivity (Wildman–Crippen MR) is 97.5 cm³/mol. The highest BCUT2D eigenvalue weighted by molar-refractivity contribution is 9.10. The van der Waals surface area contributed by atoms with Gasteiger partial charge in [0.15, 0.2) is 15.5 Å². The zero-order valence-electron chi connectivity index (χ0n) is 12.7. The highest BCUT2D eigenvalue weighted by atomic mass is 79.9. The van der Waals surface area contributed by atoms with E-state index in [1.807, 2.05) is 4.72 Å². The van der Waals surface area contributed by atoms with Crippen LogP contribution < -0.4 is 15.4 Å². The largest absolute Gasteiger partial charge is 0.444 e. The average molecular weight is 446 g/mol. The Morgan fingerprint density at radius 3 is 2.28 bits per heavy atom. The molecule has 1 aromatic carbocycles. The first kappa shape index (κ1) is 19.1. The van der Waals surface area contributed by atoms with E-state index in [-0.39, 0.29) is 15.8 Å². The van der Waals surface area contributed by atoms with Gasteiger partial charge in [-0.2, -0.15) is 0 Å². The Morgan fingerprint density at radius 2 is 1.76 bits per heavy atom. The number of anilines is 1. The summed E-state index contributed by atoms with van der Waals surface area (Å²) in [6, 6.07) is 8.51. The van der Waals surface area contributed by atoms with E-state index in [1.165, 1.54) is 30.3 Å². The van der Waals surface area contributed by atoms with Gasteiger partial charge < -0.3 is 9.73 Å². The molecular formula is C14H12BrN3O5S2. The summed E-state index contributed by atoms with van der Waals surface area (Å²) in [6.07, 6.45) is 0. The lowest BCUT2D eigenvalue weighted by atomic mass is 10.3. The van der Waals surface area contributed by atoms with Crippen LogP contribution in [0.5, 0.6) is 0 Å². The van der Waals surface area contributed by atoms with E-state index < -0.39 is 21.8 Å². The van der Waals surface area contributed by atoms with Crippen molar-refractivity contribution in [1.82, 2.24) is 10.0 Å². The van der Waals surface area contributed by atoms with Crippen LogP contribution in [0.4, 0.5) is 5.69 Å². The average Bonchev–Trinajstić information content (AvgIpc) is 2.93. The van der Waals surface area contributed by atoms with Crippen molar-refractivity contribution in [2.75, 3.05) is 5.32 Å². The fourth-order valence-corrected chi connectivity index (χ4v) is 3.24. The standard InChI is InChI=1S/C14H12BrN3O5S2/c1-8(19)18-25(21,22)10-4-2-9(3-5-10)16-14(24)17-13(20)11-6-7-12(15)23-11/h2-7H,1H3,(H,18,19)(H2,16,17,20,24). The second-order valence-electron chi connectivity index (χ2n) is 4.70. The molecule has 2 rings (SSSR count). The third-order valence-electron chi connectivity index (χ3n) is 2.72. The Balaban J connectivity index is 2.00. The van der Waals surface area contributed by atoms with Crippen molar-refractivity contribution in [2.24, 2.45) is 0 Å². The molecule has 0 saturated heterocycles. The van der Waals surface area contributed by atoms with Crippen molar-refractivity contribution in [1.29, 1.82) is 0 Å². The molecule has 0 fully saturated rings. The van der Waals surface area contributed by atoms with Crippen LogP contribution in [0.3, 0.4) is 0 Å². The molecule has 0 atom stereocenters. The summed E-state index contributed by atoms with van der Waals surface area (Å²) in [4.78, 5) is 22.7. The first-order chi connectivity index (χ1) is 11.7. The van der Waals surface area contributed by atoms with Gasteiger partial charge in [-0.3, -0.25) is 14.9 Å². The van der Waals surface area contributed by atoms with Gasteiger partial charge in [0.2, 0.25) is 5.91 Å². The molecule has 11 heteroatoms. The zero-order chi connectivity index (χ0) is 18.6. The molecule has 0 spiro atoms. The predicted octanol–water partition coefficient (Wildman–Crippen LogP) is 1.99. The van der Waals surface area contributed by atoms with Gasteiger partial charge in [-0.05, 0) is 64.5 Å². The lowest BCUT2D eigenvalue weighted by molar-refractivity contribution is -0.117. The molecule has 0 bridgehead atoms. The van der Waals surface area contributed by atoms with E-state index in [1.54, 1.807) is 6.07 Å². The van der Waals surface area contributed by atoms with Gasteiger partial charge in [-0.15, -0.1) is 0 Å². The number of sulfonamides is 1. The number of rotatable bonds is 4. The van der Waals surface area contributed by atoms with Crippen LogP contribution >= 0.6 is 28.1 Å². The first-order valence-corrected chi connectivity index (χ1v) is 9.37. The maximum Gasteiger partial charge on any atom is 0.293 e. The lowest BCUT2D eigenvalue weighted by Crippen LogP contribution is -2.33. The van der Waals surface area contributed by atoms with Gasteiger partial charge in [0.05, 0.1) is 4.90 Å². The molecule has 3 N–H and O–H groups in total. The van der Waals surface area contributed by atoms with Gasteiger partial charge >= 0.3 is 0 Å². The molecule has 132 valence electrons. The normalized spacial score (nSPS) is 10.8. The highest BCUT2D eigenvalue weighted by Crippen LogP contribution is 2.15. The number of carbonyl (C=O) groups is 2. The third kappa shape index (κ3) is 5.37. The molecule has 0 aliphatic carbocycles. The molecular weight excluding hydrogens is 434 g/mol. The molecule has 0 radical (unpaired) electrons. The summed E-state index contributed by atoms with van der Waals surface area (Å²) in [7, 11) is -3.90. The summed E-state index contributed by atoms with van der Waals surface area (Å²) in [5, 5.41) is 5.16. The molecule has 0 saturated carbocycles. The molecule has 2 aromatic rings. The minimum Gasteiger partial charge on any atom is -0.444 e. The second kappa shape index (κ2) is 7.76. The highest BCUT2D eigenvalue weighted by Gasteiger charge is 2.15. The molecule has 2 amide bonds. The number of hydrogen-bond acceptors (Lipinski definition) is 6. The molecule has 1 aromatic heterocycles. The minimum absolute atomic E-state index is 0.00925. The van der Waals surface area contributed by atoms with E-state index in [0.717, 1.165) is 6.92 Å². The van der Waals surface area contributed by atoms with Crippen molar-refractivity contribution in [3.05, 3.63) is 46.8 Å². The number of furan rings is 1. The van der Waals surface area contributed by atoms with Crippen molar-refractivity contribution in [3.63, 3.8) is 0 Å². The smallest absolute Gasteiger partial charge is 0.293 e. The van der Waals surface area contributed by atoms with Crippen molar-refractivity contribution in [3.8, 4) is 0 Å². The maximum atomic E-state index is 11.9. The topological polar surface area (TPSA) is 118 Å². The summed E-state index contributed by atoms with van der Waals surface area (Å²) in [5.41, 5.74) is 0.452. The quantitative estimate of drug-likeness (QED) is 0.615. The molecule has 0 aliphatic heterocycles. The van der Waals surface area contributed by atoms with Crippen LogP contribution in [0.2, 0.25) is 0 Å². The molecule has 25 heavy (non-hydrogen) atoms. The monoisotopic (exact) mass is 445 g/mol. The van der Waals surface area contributed by atoms with Crippen LogP contribution in [-0.4, -0.2) is 25.3 Å². The Bertz CT molecular complexity index is 922. The van der Waals surface area contributed by atoms with Crippen LogP contribution in [0.1, 0.15) is 17.5 Å². The van der Waals surface area contributed by atoms with Gasteiger partial charge in [0.25, 0.3) is 15.9 Å². The maximum absolute atomic E-state index is 11.9. The third-order valence-corrected chi connectivity index (χ3v) is 4.80. The first-order valence-electron chi connectivity index (χ1n) is 6.68. The van der Waals surface area contributed by atoms with Crippen molar-refractivity contribution >= 4 is 60.8 Å². The van der Waals surface area contributed by atoms with E-state index in [4.69, 9.17) is 16.6 Å². The number of hydrogen-bond donors (Lipinski definition) is 3. The fourth-order valence-electron chi connectivity index (χ4n) is 1.73. The van der Waals surface area contributed by atoms with Gasteiger partial charge in [-0.25, -0.2) is 13.1 Å². The fraction of sp³-hybridized carbons (Fsp3) is 0.0714. The number of benzene rings is 1. The number of carbonyl (C=O) groups excluding carboxylic acids is 2. The van der Waals surface area contributed by atoms with Gasteiger partial charge in [0.1, 0.15) is 0 Å². The summed E-state index contributed by atoms with van der Waals surface area (Å²) in [6.45, 7) is 1.10. The zero-order valence-corrected chi connectivity index (χ0v) is 15.9. The van der Waals surface area contributed by atoms with Crippen molar-refractivity contribution < 1.29 is 22.4 Å². The Morgan fingerprint density at radius 1 is 1.12 bits per heavy atom. The molecule has 8 nitrogen and oxygen atoms in total. The molecule has 1 heterocycles. The number of nitrogens with one attached hydrogen (secondary N) is 3.